The minimum absolute atomic E-state index is 0.0885. The molecule has 0 spiro atoms. The summed E-state index contributed by atoms with van der Waals surface area (Å²) in [6.45, 7) is 19.0. The van der Waals surface area contributed by atoms with Gasteiger partial charge in [0.05, 0.1) is 33.0 Å². The van der Waals surface area contributed by atoms with Crippen molar-refractivity contribution in [1.82, 2.24) is 21.3 Å². The van der Waals surface area contributed by atoms with Crippen LogP contribution in [0.25, 0.3) is 0 Å². The Morgan fingerprint density at radius 3 is 0.986 bits per heavy atom. The quantitative estimate of drug-likeness (QED) is 0.0165. The van der Waals surface area contributed by atoms with Gasteiger partial charge in [-0.1, -0.05) is 53.4 Å². The molecule has 0 aromatic heterocycles. The molecule has 434 valence electrons. The number of carbonyl (C=O) groups is 6. The zero-order chi connectivity index (χ0) is 55.6. The lowest BCUT2D eigenvalue weighted by Gasteiger charge is -2.19. The number of Topliss-reactive ketones (excluding diaryl/α,β-unsaturated/α-hetero) is 1. The van der Waals surface area contributed by atoms with Crippen LogP contribution >= 0.6 is 0 Å². The van der Waals surface area contributed by atoms with Gasteiger partial charge in [0.15, 0.2) is 0 Å². The van der Waals surface area contributed by atoms with Crippen LogP contribution in [0.1, 0.15) is 190 Å². The Bertz CT molecular complexity index is 1220. The van der Waals surface area contributed by atoms with Crippen molar-refractivity contribution in [3.05, 3.63) is 0 Å². The van der Waals surface area contributed by atoms with Crippen molar-refractivity contribution in [2.75, 3.05) is 92.9 Å². The number of methoxy groups -OCH3 is 1. The molecule has 8 N–H and O–H groups in total. The van der Waals surface area contributed by atoms with Crippen LogP contribution in [0, 0.1) is 0 Å². The molecule has 0 unspecified atom stereocenters. The van der Waals surface area contributed by atoms with Crippen LogP contribution in [0.4, 0.5) is 0 Å². The second-order valence-electron chi connectivity index (χ2n) is 17.4. The fraction of sp³-hybridized carbons (Fsp3) is 0.887. The number of aliphatic hydroxyl groups is 4. The third-order valence-electron chi connectivity index (χ3n) is 11.0. The van der Waals surface area contributed by atoms with Crippen LogP contribution in [0.15, 0.2) is 0 Å². The van der Waals surface area contributed by atoms with Crippen molar-refractivity contribution in [2.45, 2.75) is 214 Å². The molecular weight excluding hydrogens is 949 g/mol. The highest BCUT2D eigenvalue weighted by atomic mass is 16.7. The Morgan fingerprint density at radius 1 is 0.384 bits per heavy atom. The van der Waals surface area contributed by atoms with E-state index in [-0.39, 0.29) is 74.3 Å². The fourth-order valence-corrected chi connectivity index (χ4v) is 6.31. The molecule has 0 fully saturated rings. The van der Waals surface area contributed by atoms with Gasteiger partial charge in [0.25, 0.3) is 0 Å². The van der Waals surface area contributed by atoms with Crippen molar-refractivity contribution in [3.8, 4) is 0 Å². The maximum atomic E-state index is 12.0. The Labute approximate surface area is 440 Å². The van der Waals surface area contributed by atoms with Crippen molar-refractivity contribution in [3.63, 3.8) is 0 Å². The van der Waals surface area contributed by atoms with Crippen molar-refractivity contribution in [2.24, 2.45) is 0 Å². The first-order valence-electron chi connectivity index (χ1n) is 27.3. The van der Waals surface area contributed by atoms with Gasteiger partial charge in [-0.2, -0.15) is 0 Å². The number of aliphatic hydroxyl groups excluding tert-OH is 4. The molecular formula is C53H106N4O16. The molecule has 0 saturated carbocycles. The SMILES string of the molecule is CCOC(=O)CCCCC(=O)OCC.CC[C@@H](CO)NCCN[C@@H](CC)CO.CC[C@H](COC)NCCN[C@H](CC)COC(=O)CCCCC(=O)OCOC(=O)CCCCC(C)=O.OCCCCCCCCO. The summed E-state index contributed by atoms with van der Waals surface area (Å²) in [5, 5.41) is 47.9. The third kappa shape index (κ3) is 61.1. The lowest BCUT2D eigenvalue weighted by molar-refractivity contribution is -0.167. The van der Waals surface area contributed by atoms with Crippen LogP contribution in [-0.2, 0) is 57.2 Å². The van der Waals surface area contributed by atoms with Gasteiger partial charge < -0.3 is 74.9 Å². The van der Waals surface area contributed by atoms with Gasteiger partial charge in [0.1, 0.15) is 12.4 Å². The smallest absolute Gasteiger partial charge is 0.308 e. The Morgan fingerprint density at radius 2 is 0.685 bits per heavy atom. The minimum atomic E-state index is -0.484. The van der Waals surface area contributed by atoms with E-state index in [4.69, 9.17) is 48.8 Å². The summed E-state index contributed by atoms with van der Waals surface area (Å²) in [6.07, 6.45) is 15.5. The first-order chi connectivity index (χ1) is 35.2. The van der Waals surface area contributed by atoms with Gasteiger partial charge in [-0.15, -0.1) is 0 Å². The highest BCUT2D eigenvalue weighted by molar-refractivity contribution is 5.75. The van der Waals surface area contributed by atoms with E-state index < -0.39 is 18.7 Å². The van der Waals surface area contributed by atoms with Crippen molar-refractivity contribution in [1.29, 1.82) is 0 Å². The zero-order valence-corrected chi connectivity index (χ0v) is 46.7. The predicted octanol–water partition coefficient (Wildman–Crippen LogP) is 5.36. The van der Waals surface area contributed by atoms with Crippen LogP contribution in [0.5, 0.6) is 0 Å². The van der Waals surface area contributed by atoms with Crippen LogP contribution in [0.2, 0.25) is 0 Å². The Balaban J connectivity index is -0.000000510. The summed E-state index contributed by atoms with van der Waals surface area (Å²) in [6, 6.07) is 0.827. The van der Waals surface area contributed by atoms with Gasteiger partial charge in [-0.3, -0.25) is 24.0 Å². The Kier molecular flexibility index (Phi) is 63.9. The molecule has 0 bridgehead atoms. The van der Waals surface area contributed by atoms with E-state index in [2.05, 4.69) is 28.2 Å². The zero-order valence-electron chi connectivity index (χ0n) is 46.7. The monoisotopic (exact) mass is 1050 g/mol. The molecule has 0 aliphatic carbocycles. The molecule has 0 heterocycles. The summed E-state index contributed by atoms with van der Waals surface area (Å²) in [7, 11) is 1.69. The van der Waals surface area contributed by atoms with E-state index in [0.29, 0.717) is 103 Å². The largest absolute Gasteiger partial charge is 0.466 e. The molecule has 0 aliphatic rings. The number of rotatable bonds is 46. The lowest BCUT2D eigenvalue weighted by atomic mass is 10.1. The van der Waals surface area contributed by atoms with Crippen LogP contribution in [0.3, 0.4) is 0 Å². The molecule has 4 atom stereocenters. The molecule has 0 aliphatic heterocycles. The third-order valence-corrected chi connectivity index (χ3v) is 11.0. The average Bonchev–Trinajstić information content (AvgIpc) is 3.38. The van der Waals surface area contributed by atoms with E-state index in [1.54, 1.807) is 21.0 Å². The highest BCUT2D eigenvalue weighted by Crippen LogP contribution is 2.07. The first-order valence-corrected chi connectivity index (χ1v) is 27.3. The fourth-order valence-electron chi connectivity index (χ4n) is 6.31. The number of ether oxygens (including phenoxy) is 6. The van der Waals surface area contributed by atoms with E-state index in [1.807, 2.05) is 20.8 Å². The summed E-state index contributed by atoms with van der Waals surface area (Å²) in [4.78, 5) is 67.7. The second kappa shape index (κ2) is 61.2. The number of hydrogen-bond donors (Lipinski definition) is 8. The summed E-state index contributed by atoms with van der Waals surface area (Å²) in [5.41, 5.74) is 0. The lowest BCUT2D eigenvalue weighted by Crippen LogP contribution is -2.41. The van der Waals surface area contributed by atoms with Gasteiger partial charge in [0.2, 0.25) is 6.79 Å². The van der Waals surface area contributed by atoms with E-state index in [0.717, 1.165) is 77.5 Å². The Hall–Kier alpha value is -3.34. The summed E-state index contributed by atoms with van der Waals surface area (Å²) >= 11 is 0. The second-order valence-corrected chi connectivity index (χ2v) is 17.4. The van der Waals surface area contributed by atoms with E-state index in [9.17, 15) is 28.8 Å². The minimum Gasteiger partial charge on any atom is -0.466 e. The molecule has 0 aromatic carbocycles. The van der Waals surface area contributed by atoms with Gasteiger partial charge >= 0.3 is 29.8 Å². The standard InChI is InChI=1S/C25H46N2O8.C10H24N2O2.C10H18O4.C8H18O2/c1-5-21(17-32-4)26-15-16-27-22(6-2)18-33-23(29)12-9-10-14-25(31)35-19-34-24(30)13-8-7-11-20(3)28;1-3-9(7-13)11-5-6-12-10(4-2)8-14;1-3-13-9(11)7-5-6-8-10(12)14-4-2;9-7-5-3-1-2-4-6-8-10/h21-22,26-27H,5-19H2,1-4H3;9-14H,3-8H2,1-2H3;3-8H2,1-2H3;9-10H,1-8H2/t21-,22-;9-,10-;;/m10../s1. The number of esters is 5. The average molecular weight is 1060 g/mol. The first kappa shape index (κ1) is 76.2. The molecule has 20 nitrogen and oxygen atoms in total. The van der Waals surface area contributed by atoms with Gasteiger partial charge in [-0.25, -0.2) is 0 Å². The molecule has 0 amide bonds. The number of nitrogens with one attached hydrogen (secondary N) is 4. The van der Waals surface area contributed by atoms with Gasteiger partial charge in [-0.05, 0) is 97.8 Å². The molecule has 73 heavy (non-hydrogen) atoms. The molecule has 20 heteroatoms. The topological polar surface area (TPSA) is 287 Å². The molecule has 0 saturated heterocycles. The summed E-state index contributed by atoms with van der Waals surface area (Å²) in [5.74, 6) is -1.54. The number of carbonyl (C=O) groups excluding carboxylic acids is 6. The normalized spacial score (nSPS) is 12.2. The van der Waals surface area contributed by atoms with E-state index >= 15 is 0 Å². The number of ketones is 1. The van der Waals surface area contributed by atoms with Crippen molar-refractivity contribution < 1.29 is 77.6 Å². The molecule has 0 aromatic rings. The number of unbranched alkanes of at least 4 members (excludes halogenated alkanes) is 8. The number of hydrogen-bond acceptors (Lipinski definition) is 20. The highest BCUT2D eigenvalue weighted by Gasteiger charge is 2.13. The molecule has 0 rings (SSSR count). The van der Waals surface area contributed by atoms with Crippen LogP contribution in [-0.4, -0.2) is 173 Å². The maximum Gasteiger partial charge on any atom is 0.308 e. The maximum absolute atomic E-state index is 12.0. The van der Waals surface area contributed by atoms with Gasteiger partial charge in [0, 0.05) is 109 Å². The predicted molar refractivity (Wildman–Crippen MR) is 284 cm³/mol. The van der Waals surface area contributed by atoms with Crippen molar-refractivity contribution >= 4 is 35.6 Å². The van der Waals surface area contributed by atoms with Crippen LogP contribution < -0.4 is 21.3 Å². The summed E-state index contributed by atoms with van der Waals surface area (Å²) < 4.78 is 29.7. The van der Waals surface area contributed by atoms with E-state index in [1.165, 1.54) is 19.8 Å². The molecule has 0 radical (unpaired) electrons.